The van der Waals surface area contributed by atoms with Crippen LogP contribution in [0.4, 0.5) is 10.3 Å². The Morgan fingerprint density at radius 2 is 2.06 bits per heavy atom. The van der Waals surface area contributed by atoms with Gasteiger partial charge in [0.1, 0.15) is 0 Å². The van der Waals surface area contributed by atoms with E-state index in [9.17, 15) is 9.18 Å². The molecule has 86 valence electrons. The van der Waals surface area contributed by atoms with E-state index in [1.165, 1.54) is 0 Å². The second kappa shape index (κ2) is 4.87. The maximum atomic E-state index is 12.5. The molecule has 1 fully saturated rings. The summed E-state index contributed by atoms with van der Waals surface area (Å²) in [5, 5.41) is 5.68. The van der Waals surface area contributed by atoms with Crippen molar-refractivity contribution in [2.24, 2.45) is 5.92 Å². The number of carbonyl (C=O) groups is 1. The SMILES string of the molecule is O=C(NCCNc1ncc(F)cn1)C1CC1. The Morgan fingerprint density at radius 3 is 2.69 bits per heavy atom. The molecule has 1 aliphatic carbocycles. The average Bonchev–Trinajstić information content (AvgIpc) is 3.10. The molecule has 0 aliphatic heterocycles. The van der Waals surface area contributed by atoms with Gasteiger partial charge in [-0.3, -0.25) is 4.79 Å². The van der Waals surface area contributed by atoms with Gasteiger partial charge < -0.3 is 10.6 Å². The van der Waals surface area contributed by atoms with Gasteiger partial charge in [0.2, 0.25) is 11.9 Å². The summed E-state index contributed by atoms with van der Waals surface area (Å²) in [5.74, 6) is 0.235. The van der Waals surface area contributed by atoms with Gasteiger partial charge in [-0.15, -0.1) is 0 Å². The molecule has 1 saturated carbocycles. The van der Waals surface area contributed by atoms with Gasteiger partial charge in [-0.05, 0) is 12.8 Å². The molecule has 0 atom stereocenters. The second-order valence-electron chi connectivity index (χ2n) is 3.72. The topological polar surface area (TPSA) is 66.9 Å². The van der Waals surface area contributed by atoms with E-state index < -0.39 is 5.82 Å². The highest BCUT2D eigenvalue weighted by Gasteiger charge is 2.28. The first-order valence-electron chi connectivity index (χ1n) is 5.25. The van der Waals surface area contributed by atoms with Crippen molar-refractivity contribution in [2.45, 2.75) is 12.8 Å². The number of nitrogens with zero attached hydrogens (tertiary/aromatic N) is 2. The molecule has 1 aromatic heterocycles. The first-order valence-corrected chi connectivity index (χ1v) is 5.25. The third-order valence-corrected chi connectivity index (χ3v) is 2.28. The van der Waals surface area contributed by atoms with Gasteiger partial charge in [0.25, 0.3) is 0 Å². The predicted octanol–water partition coefficient (Wildman–Crippen LogP) is 0.554. The van der Waals surface area contributed by atoms with Crippen molar-refractivity contribution >= 4 is 11.9 Å². The van der Waals surface area contributed by atoms with Gasteiger partial charge in [0, 0.05) is 19.0 Å². The van der Waals surface area contributed by atoms with Crippen LogP contribution in [0.2, 0.25) is 0 Å². The van der Waals surface area contributed by atoms with Crippen LogP contribution in [-0.2, 0) is 4.79 Å². The zero-order valence-electron chi connectivity index (χ0n) is 8.74. The number of rotatable bonds is 5. The Kier molecular flexibility index (Phi) is 3.28. The number of anilines is 1. The highest BCUT2D eigenvalue weighted by Crippen LogP contribution is 2.28. The standard InChI is InChI=1S/C10H13FN4O/c11-8-5-14-10(15-6-8)13-4-3-12-9(16)7-1-2-7/h5-7H,1-4H2,(H,12,16)(H,13,14,15). The summed E-state index contributed by atoms with van der Waals surface area (Å²) in [7, 11) is 0. The molecule has 1 amide bonds. The van der Waals surface area contributed by atoms with Gasteiger partial charge in [-0.25, -0.2) is 14.4 Å². The molecule has 16 heavy (non-hydrogen) atoms. The highest BCUT2D eigenvalue weighted by atomic mass is 19.1. The predicted molar refractivity (Wildman–Crippen MR) is 56.2 cm³/mol. The third-order valence-electron chi connectivity index (χ3n) is 2.28. The van der Waals surface area contributed by atoms with Gasteiger partial charge in [-0.2, -0.15) is 0 Å². The first kappa shape index (κ1) is 10.8. The fourth-order valence-electron chi connectivity index (χ4n) is 1.25. The minimum absolute atomic E-state index is 0.113. The molecule has 0 saturated heterocycles. The van der Waals surface area contributed by atoms with Crippen LogP contribution >= 0.6 is 0 Å². The monoisotopic (exact) mass is 224 g/mol. The molecule has 0 unspecified atom stereocenters. The molecule has 1 aromatic rings. The second-order valence-corrected chi connectivity index (χ2v) is 3.72. The highest BCUT2D eigenvalue weighted by molar-refractivity contribution is 5.80. The van der Waals surface area contributed by atoms with Crippen molar-refractivity contribution in [1.82, 2.24) is 15.3 Å². The van der Waals surface area contributed by atoms with Crippen LogP contribution < -0.4 is 10.6 Å². The molecule has 0 spiro atoms. The Morgan fingerprint density at radius 1 is 1.38 bits per heavy atom. The van der Waals surface area contributed by atoms with Crippen LogP contribution in [0.3, 0.4) is 0 Å². The van der Waals surface area contributed by atoms with Gasteiger partial charge >= 0.3 is 0 Å². The van der Waals surface area contributed by atoms with E-state index in [1.807, 2.05) is 0 Å². The molecule has 1 heterocycles. The molecule has 6 heteroatoms. The average molecular weight is 224 g/mol. The normalized spacial score (nSPS) is 14.6. The van der Waals surface area contributed by atoms with Crippen LogP contribution in [0, 0.1) is 11.7 Å². The Balaban J connectivity index is 1.63. The Labute approximate surface area is 92.5 Å². The van der Waals surface area contributed by atoms with Crippen molar-refractivity contribution < 1.29 is 9.18 Å². The number of aromatic nitrogens is 2. The largest absolute Gasteiger partial charge is 0.354 e. The lowest BCUT2D eigenvalue weighted by Gasteiger charge is -2.05. The van der Waals surface area contributed by atoms with Gasteiger partial charge in [0.05, 0.1) is 12.4 Å². The van der Waals surface area contributed by atoms with Crippen LogP contribution in [-0.4, -0.2) is 29.0 Å². The maximum absolute atomic E-state index is 12.5. The zero-order valence-corrected chi connectivity index (χ0v) is 8.74. The zero-order chi connectivity index (χ0) is 11.4. The maximum Gasteiger partial charge on any atom is 0.223 e. The number of halogens is 1. The van der Waals surface area contributed by atoms with Crippen molar-refractivity contribution in [2.75, 3.05) is 18.4 Å². The van der Waals surface area contributed by atoms with Crippen molar-refractivity contribution in [3.8, 4) is 0 Å². The van der Waals surface area contributed by atoms with Crippen molar-refractivity contribution in [3.05, 3.63) is 18.2 Å². The molecular formula is C10H13FN4O. The lowest BCUT2D eigenvalue weighted by atomic mass is 10.4. The summed E-state index contributed by atoms with van der Waals surface area (Å²) in [4.78, 5) is 18.7. The minimum Gasteiger partial charge on any atom is -0.354 e. The number of hydrogen-bond donors (Lipinski definition) is 2. The van der Waals surface area contributed by atoms with Crippen LogP contribution in [0.15, 0.2) is 12.4 Å². The summed E-state index contributed by atoms with van der Waals surface area (Å²) in [6.45, 7) is 1.06. The molecule has 1 aliphatic rings. The molecule has 0 bridgehead atoms. The van der Waals surface area contributed by atoms with Gasteiger partial charge in [0.15, 0.2) is 5.82 Å². The van der Waals surface area contributed by atoms with E-state index >= 15 is 0 Å². The molecule has 2 N–H and O–H groups in total. The molecule has 2 rings (SSSR count). The lowest BCUT2D eigenvalue weighted by molar-refractivity contribution is -0.122. The molecule has 0 radical (unpaired) electrons. The minimum atomic E-state index is -0.465. The lowest BCUT2D eigenvalue weighted by Crippen LogP contribution is -2.30. The van der Waals surface area contributed by atoms with E-state index in [-0.39, 0.29) is 11.8 Å². The fourth-order valence-corrected chi connectivity index (χ4v) is 1.25. The number of hydrogen-bond acceptors (Lipinski definition) is 4. The van der Waals surface area contributed by atoms with E-state index in [1.54, 1.807) is 0 Å². The molecular weight excluding hydrogens is 211 g/mol. The van der Waals surface area contributed by atoms with E-state index in [2.05, 4.69) is 20.6 Å². The summed E-state index contributed by atoms with van der Waals surface area (Å²) in [5.41, 5.74) is 0. The Bertz CT molecular complexity index is 364. The Hall–Kier alpha value is -1.72. The first-order chi connectivity index (χ1) is 7.75. The molecule has 0 aromatic carbocycles. The van der Waals surface area contributed by atoms with Crippen LogP contribution in [0.25, 0.3) is 0 Å². The van der Waals surface area contributed by atoms with Crippen LogP contribution in [0.1, 0.15) is 12.8 Å². The quantitative estimate of drug-likeness (QED) is 0.717. The number of carbonyl (C=O) groups excluding carboxylic acids is 1. The summed E-state index contributed by atoms with van der Waals surface area (Å²) in [6, 6.07) is 0. The fraction of sp³-hybridized carbons (Fsp3) is 0.500. The van der Waals surface area contributed by atoms with Gasteiger partial charge in [-0.1, -0.05) is 0 Å². The van der Waals surface area contributed by atoms with E-state index in [0.717, 1.165) is 25.2 Å². The summed E-state index contributed by atoms with van der Waals surface area (Å²) in [6.07, 6.45) is 4.19. The number of amides is 1. The van der Waals surface area contributed by atoms with E-state index in [4.69, 9.17) is 0 Å². The number of nitrogens with one attached hydrogen (secondary N) is 2. The van der Waals surface area contributed by atoms with Crippen LogP contribution in [0.5, 0.6) is 0 Å². The summed E-state index contributed by atoms with van der Waals surface area (Å²) < 4.78 is 12.5. The van der Waals surface area contributed by atoms with E-state index in [0.29, 0.717) is 19.0 Å². The smallest absolute Gasteiger partial charge is 0.223 e. The molecule has 5 nitrogen and oxygen atoms in total. The third kappa shape index (κ3) is 3.15. The summed E-state index contributed by atoms with van der Waals surface area (Å²) >= 11 is 0. The van der Waals surface area contributed by atoms with Crippen molar-refractivity contribution in [1.29, 1.82) is 0 Å². The van der Waals surface area contributed by atoms with Crippen molar-refractivity contribution in [3.63, 3.8) is 0 Å².